The fourth-order valence-corrected chi connectivity index (χ4v) is 2.09. The zero-order chi connectivity index (χ0) is 12.4. The first-order chi connectivity index (χ1) is 8.08. The minimum absolute atomic E-state index is 0.525. The van der Waals surface area contributed by atoms with Crippen LogP contribution in [0.5, 0.6) is 0 Å². The van der Waals surface area contributed by atoms with Gasteiger partial charge in [0.1, 0.15) is 0 Å². The molecule has 0 fully saturated rings. The molecule has 1 aromatic carbocycles. The lowest BCUT2D eigenvalue weighted by Gasteiger charge is -2.13. The number of hydrogen-bond donors (Lipinski definition) is 1. The van der Waals surface area contributed by atoms with Gasteiger partial charge >= 0.3 is 0 Å². The zero-order valence-electron chi connectivity index (χ0n) is 9.89. The number of aliphatic hydroxyl groups excluding tert-OH is 1. The van der Waals surface area contributed by atoms with Crippen LogP contribution in [0.4, 0.5) is 0 Å². The van der Waals surface area contributed by atoms with Gasteiger partial charge in [0.25, 0.3) is 0 Å². The Morgan fingerprint density at radius 2 is 2.24 bits per heavy atom. The van der Waals surface area contributed by atoms with Crippen molar-refractivity contribution >= 4 is 11.6 Å². The first-order valence-electron chi connectivity index (χ1n) is 5.48. The second-order valence-corrected chi connectivity index (χ2v) is 4.60. The Morgan fingerprint density at radius 3 is 2.88 bits per heavy atom. The minimum atomic E-state index is -0.591. The van der Waals surface area contributed by atoms with E-state index in [-0.39, 0.29) is 0 Å². The molecule has 1 atom stereocenters. The number of halogens is 1. The number of rotatable bonds is 3. The number of aliphatic hydroxyl groups is 1. The molecule has 0 aliphatic heterocycles. The molecule has 90 valence electrons. The maximum Gasteiger partial charge on any atom is 0.0845 e. The van der Waals surface area contributed by atoms with Crippen LogP contribution < -0.4 is 0 Å². The maximum atomic E-state index is 10.2. The molecule has 1 aromatic heterocycles. The molecule has 2 rings (SSSR count). The molecule has 0 saturated carbocycles. The fourth-order valence-electron chi connectivity index (χ4n) is 1.84. The van der Waals surface area contributed by atoms with Gasteiger partial charge in [-0.05, 0) is 23.6 Å². The van der Waals surface area contributed by atoms with Crippen LogP contribution in [0.15, 0.2) is 30.6 Å². The Hall–Kier alpha value is -1.32. The van der Waals surface area contributed by atoms with E-state index in [0.29, 0.717) is 11.4 Å². The zero-order valence-corrected chi connectivity index (χ0v) is 10.6. The van der Waals surface area contributed by atoms with Crippen LogP contribution in [0, 0.1) is 6.92 Å². The van der Waals surface area contributed by atoms with Crippen LogP contribution in [-0.2, 0) is 13.5 Å². The average Bonchev–Trinajstić information content (AvgIpc) is 2.68. The Balaban J connectivity index is 2.20. The number of aryl methyl sites for hydroxylation is 2. The molecule has 1 N–H and O–H groups in total. The van der Waals surface area contributed by atoms with Crippen LogP contribution in [0.3, 0.4) is 0 Å². The van der Waals surface area contributed by atoms with E-state index in [0.717, 1.165) is 16.7 Å². The highest BCUT2D eigenvalue weighted by atomic mass is 35.5. The van der Waals surface area contributed by atoms with E-state index in [2.05, 4.69) is 5.10 Å². The van der Waals surface area contributed by atoms with E-state index in [1.807, 2.05) is 38.4 Å². The first-order valence-corrected chi connectivity index (χ1v) is 5.86. The van der Waals surface area contributed by atoms with Gasteiger partial charge in [0, 0.05) is 24.7 Å². The van der Waals surface area contributed by atoms with E-state index < -0.39 is 6.10 Å². The van der Waals surface area contributed by atoms with Gasteiger partial charge in [0.05, 0.1) is 12.3 Å². The van der Waals surface area contributed by atoms with Crippen LogP contribution in [0.2, 0.25) is 5.02 Å². The topological polar surface area (TPSA) is 38.1 Å². The summed E-state index contributed by atoms with van der Waals surface area (Å²) in [6, 6.07) is 5.70. The van der Waals surface area contributed by atoms with Crippen molar-refractivity contribution in [2.24, 2.45) is 7.05 Å². The second-order valence-electron chi connectivity index (χ2n) is 4.22. The average molecular weight is 251 g/mol. The highest BCUT2D eigenvalue weighted by Gasteiger charge is 2.14. The third kappa shape index (κ3) is 2.68. The lowest BCUT2D eigenvalue weighted by molar-refractivity contribution is 0.178. The van der Waals surface area contributed by atoms with Crippen molar-refractivity contribution in [3.63, 3.8) is 0 Å². The monoisotopic (exact) mass is 250 g/mol. The van der Waals surface area contributed by atoms with Crippen molar-refractivity contribution in [2.75, 3.05) is 0 Å². The summed E-state index contributed by atoms with van der Waals surface area (Å²) < 4.78 is 1.72. The highest BCUT2D eigenvalue weighted by Crippen LogP contribution is 2.28. The standard InChI is InChI=1S/C13H15ClN2O/c1-9-4-3-5-11(13(9)14)12(17)6-10-7-15-16(2)8-10/h3-5,7-8,12,17H,6H2,1-2H3. The van der Waals surface area contributed by atoms with Gasteiger partial charge in [-0.2, -0.15) is 5.10 Å². The van der Waals surface area contributed by atoms with Crippen LogP contribution >= 0.6 is 11.6 Å². The fraction of sp³-hybridized carbons (Fsp3) is 0.308. The molecule has 0 aliphatic carbocycles. The molecule has 2 aromatic rings. The quantitative estimate of drug-likeness (QED) is 0.910. The number of aromatic nitrogens is 2. The number of nitrogens with zero attached hydrogens (tertiary/aromatic N) is 2. The summed E-state index contributed by atoms with van der Waals surface area (Å²) in [5, 5.41) is 14.9. The van der Waals surface area contributed by atoms with E-state index in [1.165, 1.54) is 0 Å². The summed E-state index contributed by atoms with van der Waals surface area (Å²) in [5.41, 5.74) is 2.75. The molecule has 17 heavy (non-hydrogen) atoms. The van der Waals surface area contributed by atoms with Crippen molar-refractivity contribution in [3.8, 4) is 0 Å². The Labute approximate surface area is 106 Å². The molecule has 0 bridgehead atoms. The lowest BCUT2D eigenvalue weighted by Crippen LogP contribution is -2.02. The Bertz CT molecular complexity index is 522. The molecular formula is C13H15ClN2O. The normalized spacial score (nSPS) is 12.7. The second kappa shape index (κ2) is 4.90. The van der Waals surface area contributed by atoms with Gasteiger partial charge in [-0.3, -0.25) is 4.68 Å². The largest absolute Gasteiger partial charge is 0.388 e. The molecule has 0 spiro atoms. The molecule has 0 saturated heterocycles. The molecule has 1 heterocycles. The van der Waals surface area contributed by atoms with Gasteiger partial charge in [0.15, 0.2) is 0 Å². The van der Waals surface area contributed by atoms with Crippen LogP contribution in [-0.4, -0.2) is 14.9 Å². The Morgan fingerprint density at radius 1 is 1.47 bits per heavy atom. The van der Waals surface area contributed by atoms with Gasteiger partial charge < -0.3 is 5.11 Å². The van der Waals surface area contributed by atoms with Crippen molar-refractivity contribution in [3.05, 3.63) is 52.3 Å². The molecular weight excluding hydrogens is 236 g/mol. The van der Waals surface area contributed by atoms with Crippen molar-refractivity contribution in [1.82, 2.24) is 9.78 Å². The molecule has 0 aliphatic rings. The highest BCUT2D eigenvalue weighted by molar-refractivity contribution is 6.32. The van der Waals surface area contributed by atoms with Crippen molar-refractivity contribution in [1.29, 1.82) is 0 Å². The van der Waals surface area contributed by atoms with Gasteiger partial charge in [-0.1, -0.05) is 29.8 Å². The van der Waals surface area contributed by atoms with E-state index in [1.54, 1.807) is 10.9 Å². The smallest absolute Gasteiger partial charge is 0.0845 e. The molecule has 0 radical (unpaired) electrons. The maximum absolute atomic E-state index is 10.2. The SMILES string of the molecule is Cc1cccc(C(O)Cc2cnn(C)c2)c1Cl. The summed E-state index contributed by atoms with van der Waals surface area (Å²) in [5.74, 6) is 0. The Kier molecular flexibility index (Phi) is 3.50. The minimum Gasteiger partial charge on any atom is -0.388 e. The van der Waals surface area contributed by atoms with Crippen molar-refractivity contribution < 1.29 is 5.11 Å². The van der Waals surface area contributed by atoms with Crippen LogP contribution in [0.1, 0.15) is 22.8 Å². The van der Waals surface area contributed by atoms with Crippen molar-refractivity contribution in [2.45, 2.75) is 19.4 Å². The van der Waals surface area contributed by atoms with E-state index in [9.17, 15) is 5.11 Å². The summed E-state index contributed by atoms with van der Waals surface area (Å²) in [4.78, 5) is 0. The summed E-state index contributed by atoms with van der Waals surface area (Å²) in [6.45, 7) is 1.93. The van der Waals surface area contributed by atoms with E-state index in [4.69, 9.17) is 11.6 Å². The molecule has 0 amide bonds. The summed E-state index contributed by atoms with van der Waals surface area (Å²) >= 11 is 6.18. The lowest BCUT2D eigenvalue weighted by atomic mass is 10.0. The predicted molar refractivity (Wildman–Crippen MR) is 68.1 cm³/mol. The molecule has 3 nitrogen and oxygen atoms in total. The number of benzene rings is 1. The van der Waals surface area contributed by atoms with Gasteiger partial charge in [0.2, 0.25) is 0 Å². The summed E-state index contributed by atoms with van der Waals surface area (Å²) in [7, 11) is 1.86. The van der Waals surface area contributed by atoms with E-state index >= 15 is 0 Å². The van der Waals surface area contributed by atoms with Crippen LogP contribution in [0.25, 0.3) is 0 Å². The van der Waals surface area contributed by atoms with Gasteiger partial charge in [-0.15, -0.1) is 0 Å². The third-order valence-corrected chi connectivity index (χ3v) is 3.28. The molecule has 4 heteroatoms. The van der Waals surface area contributed by atoms with Gasteiger partial charge in [-0.25, -0.2) is 0 Å². The number of hydrogen-bond acceptors (Lipinski definition) is 2. The first kappa shape index (κ1) is 12.1. The predicted octanol–water partition coefficient (Wildman–Crippen LogP) is 2.66. The third-order valence-electron chi connectivity index (χ3n) is 2.77. The molecule has 1 unspecified atom stereocenters. The summed E-state index contributed by atoms with van der Waals surface area (Å²) in [6.07, 6.45) is 3.59.